The zero-order valence-corrected chi connectivity index (χ0v) is 10.7. The van der Waals surface area contributed by atoms with Gasteiger partial charge in [0.15, 0.2) is 0 Å². The monoisotopic (exact) mass is 299 g/mol. The van der Waals surface area contributed by atoms with Gasteiger partial charge in [-0.2, -0.15) is 13.2 Å². The minimum absolute atomic E-state index is 0.0643. The second-order valence-corrected chi connectivity index (χ2v) is 4.15. The molecule has 104 valence electrons. The van der Waals surface area contributed by atoms with E-state index in [1.165, 1.54) is 24.8 Å². The molecule has 2 heterocycles. The van der Waals surface area contributed by atoms with Crippen LogP contribution in [0.1, 0.15) is 11.3 Å². The molecular weight excluding hydrogens is 291 g/mol. The summed E-state index contributed by atoms with van der Waals surface area (Å²) in [6.07, 6.45) is -0.492. The number of hydrogen-bond donors (Lipinski definition) is 2. The Kier molecular flexibility index (Phi) is 3.79. The van der Waals surface area contributed by atoms with E-state index in [9.17, 15) is 13.2 Å². The molecule has 0 saturated heterocycles. The summed E-state index contributed by atoms with van der Waals surface area (Å²) in [5.74, 6) is -0.0953. The molecule has 2 aromatic rings. The summed E-state index contributed by atoms with van der Waals surface area (Å²) < 4.78 is 38.0. The SMILES string of the molecule is NC(=S)c1ccc(C(F)(F)F)nc1Nc1cncnc1. The van der Waals surface area contributed by atoms with E-state index < -0.39 is 11.9 Å². The second-order valence-electron chi connectivity index (χ2n) is 3.71. The molecule has 0 aliphatic heterocycles. The Labute approximate surface area is 117 Å². The Bertz CT molecular complexity index is 630. The van der Waals surface area contributed by atoms with Gasteiger partial charge in [0.25, 0.3) is 0 Å². The summed E-state index contributed by atoms with van der Waals surface area (Å²) in [6, 6.07) is 1.99. The summed E-state index contributed by atoms with van der Waals surface area (Å²) in [6.45, 7) is 0. The van der Waals surface area contributed by atoms with Gasteiger partial charge in [-0.05, 0) is 12.1 Å². The van der Waals surface area contributed by atoms with Crippen LogP contribution in [-0.4, -0.2) is 19.9 Å². The molecule has 0 atom stereocenters. The van der Waals surface area contributed by atoms with Crippen LogP contribution in [0.2, 0.25) is 0 Å². The van der Waals surface area contributed by atoms with E-state index in [-0.39, 0.29) is 16.4 Å². The van der Waals surface area contributed by atoms with Crippen molar-refractivity contribution >= 4 is 28.7 Å². The van der Waals surface area contributed by atoms with Gasteiger partial charge in [-0.25, -0.2) is 15.0 Å². The van der Waals surface area contributed by atoms with Crippen LogP contribution in [0.25, 0.3) is 0 Å². The molecule has 0 aromatic carbocycles. The average molecular weight is 299 g/mol. The number of pyridine rings is 1. The van der Waals surface area contributed by atoms with Gasteiger partial charge in [0.1, 0.15) is 22.8 Å². The van der Waals surface area contributed by atoms with Crippen LogP contribution in [0.5, 0.6) is 0 Å². The van der Waals surface area contributed by atoms with E-state index in [2.05, 4.69) is 20.3 Å². The van der Waals surface area contributed by atoms with E-state index in [1.54, 1.807) is 0 Å². The number of nitrogens with one attached hydrogen (secondary N) is 1. The number of alkyl halides is 3. The Hall–Kier alpha value is -2.29. The number of anilines is 2. The Balaban J connectivity index is 2.45. The second kappa shape index (κ2) is 5.37. The molecule has 0 aliphatic carbocycles. The lowest BCUT2D eigenvalue weighted by Crippen LogP contribution is -2.16. The maximum absolute atomic E-state index is 12.7. The average Bonchev–Trinajstić information content (AvgIpc) is 2.38. The molecule has 0 radical (unpaired) electrons. The predicted octanol–water partition coefficient (Wildman–Crippen LogP) is 2.27. The largest absolute Gasteiger partial charge is 0.433 e. The van der Waals surface area contributed by atoms with Crippen molar-refractivity contribution in [2.45, 2.75) is 6.18 Å². The van der Waals surface area contributed by atoms with Crippen molar-refractivity contribution in [2.24, 2.45) is 5.73 Å². The van der Waals surface area contributed by atoms with Gasteiger partial charge in [0, 0.05) is 0 Å². The van der Waals surface area contributed by atoms with Gasteiger partial charge in [-0.3, -0.25) is 0 Å². The molecule has 5 nitrogen and oxygen atoms in total. The maximum atomic E-state index is 12.7. The smallest absolute Gasteiger partial charge is 0.389 e. The van der Waals surface area contributed by atoms with Crippen molar-refractivity contribution in [1.82, 2.24) is 15.0 Å². The highest BCUT2D eigenvalue weighted by Gasteiger charge is 2.33. The first-order valence-electron chi connectivity index (χ1n) is 5.28. The predicted molar refractivity (Wildman–Crippen MR) is 70.4 cm³/mol. The number of thiocarbonyl (C=S) groups is 1. The molecule has 9 heteroatoms. The molecule has 20 heavy (non-hydrogen) atoms. The molecular formula is C11H8F3N5S. The fourth-order valence-corrected chi connectivity index (χ4v) is 1.58. The third-order valence-corrected chi connectivity index (χ3v) is 2.49. The minimum Gasteiger partial charge on any atom is -0.389 e. The summed E-state index contributed by atoms with van der Waals surface area (Å²) in [7, 11) is 0. The van der Waals surface area contributed by atoms with E-state index in [4.69, 9.17) is 18.0 Å². The Morgan fingerprint density at radius 3 is 2.40 bits per heavy atom. The third kappa shape index (κ3) is 3.18. The number of rotatable bonds is 3. The molecule has 2 rings (SSSR count). The van der Waals surface area contributed by atoms with Crippen molar-refractivity contribution in [3.05, 3.63) is 42.1 Å². The van der Waals surface area contributed by atoms with Gasteiger partial charge in [-0.1, -0.05) is 12.2 Å². The molecule has 0 spiro atoms. The number of nitrogens with two attached hydrogens (primary N) is 1. The highest BCUT2D eigenvalue weighted by molar-refractivity contribution is 7.80. The van der Waals surface area contributed by atoms with Crippen molar-refractivity contribution < 1.29 is 13.2 Å². The van der Waals surface area contributed by atoms with E-state index in [1.807, 2.05) is 0 Å². The van der Waals surface area contributed by atoms with Crippen molar-refractivity contribution in [2.75, 3.05) is 5.32 Å². The fourth-order valence-electron chi connectivity index (χ4n) is 1.41. The first-order chi connectivity index (χ1) is 9.38. The highest BCUT2D eigenvalue weighted by atomic mass is 32.1. The quantitative estimate of drug-likeness (QED) is 0.847. The molecule has 0 bridgehead atoms. The number of aromatic nitrogens is 3. The Morgan fingerprint density at radius 1 is 1.20 bits per heavy atom. The van der Waals surface area contributed by atoms with Gasteiger partial charge >= 0.3 is 6.18 Å². The summed E-state index contributed by atoms with van der Waals surface area (Å²) in [5.41, 5.74) is 5.00. The van der Waals surface area contributed by atoms with Crippen LogP contribution in [0.3, 0.4) is 0 Å². The van der Waals surface area contributed by atoms with Gasteiger partial charge in [0.05, 0.1) is 23.6 Å². The van der Waals surface area contributed by atoms with Crippen LogP contribution < -0.4 is 11.1 Å². The lowest BCUT2D eigenvalue weighted by molar-refractivity contribution is -0.141. The molecule has 2 aromatic heterocycles. The molecule has 0 amide bonds. The molecule has 3 N–H and O–H groups in total. The van der Waals surface area contributed by atoms with Crippen molar-refractivity contribution in [1.29, 1.82) is 0 Å². The van der Waals surface area contributed by atoms with Crippen molar-refractivity contribution in [3.63, 3.8) is 0 Å². The van der Waals surface area contributed by atoms with Crippen molar-refractivity contribution in [3.8, 4) is 0 Å². The van der Waals surface area contributed by atoms with Crippen LogP contribution in [0.15, 0.2) is 30.9 Å². The lowest BCUT2D eigenvalue weighted by atomic mass is 10.2. The number of halogens is 3. The number of nitrogens with zero attached hydrogens (tertiary/aromatic N) is 3. The van der Waals surface area contributed by atoms with Gasteiger partial charge in [0.2, 0.25) is 0 Å². The van der Waals surface area contributed by atoms with Crippen LogP contribution >= 0.6 is 12.2 Å². The minimum atomic E-state index is -4.56. The van der Waals surface area contributed by atoms with E-state index in [0.717, 1.165) is 6.07 Å². The molecule has 0 aliphatic rings. The highest BCUT2D eigenvalue weighted by Crippen LogP contribution is 2.30. The first-order valence-corrected chi connectivity index (χ1v) is 5.69. The standard InChI is InChI=1S/C11H8F3N5S/c12-11(13,14)8-2-1-7(9(15)20)10(19-8)18-6-3-16-5-17-4-6/h1-5H,(H2,15,20)(H,18,19). The summed E-state index contributed by atoms with van der Waals surface area (Å²) in [5, 5.41) is 2.66. The summed E-state index contributed by atoms with van der Waals surface area (Å²) in [4.78, 5) is 10.9. The van der Waals surface area contributed by atoms with E-state index >= 15 is 0 Å². The van der Waals surface area contributed by atoms with E-state index in [0.29, 0.717) is 5.69 Å². The fraction of sp³-hybridized carbons (Fsp3) is 0.0909. The summed E-state index contributed by atoms with van der Waals surface area (Å²) >= 11 is 4.79. The van der Waals surface area contributed by atoms with Gasteiger partial charge < -0.3 is 11.1 Å². The Morgan fingerprint density at radius 2 is 1.85 bits per heavy atom. The maximum Gasteiger partial charge on any atom is 0.433 e. The van der Waals surface area contributed by atoms with Gasteiger partial charge in [-0.15, -0.1) is 0 Å². The topological polar surface area (TPSA) is 76.7 Å². The molecule has 0 saturated carbocycles. The number of hydrogen-bond acceptors (Lipinski definition) is 5. The van der Waals surface area contributed by atoms with Crippen LogP contribution in [0, 0.1) is 0 Å². The molecule has 0 unspecified atom stereocenters. The third-order valence-electron chi connectivity index (χ3n) is 2.27. The normalized spacial score (nSPS) is 11.2. The zero-order chi connectivity index (χ0) is 14.8. The zero-order valence-electron chi connectivity index (χ0n) is 9.85. The molecule has 0 fully saturated rings. The van der Waals surface area contributed by atoms with Crippen LogP contribution in [0.4, 0.5) is 24.7 Å². The lowest BCUT2D eigenvalue weighted by Gasteiger charge is -2.13. The van der Waals surface area contributed by atoms with Crippen LogP contribution in [-0.2, 0) is 6.18 Å². The first kappa shape index (κ1) is 14.1.